The number of likely N-dealkylation sites (tertiary alicyclic amines) is 1. The first-order chi connectivity index (χ1) is 8.63. The lowest BCUT2D eigenvalue weighted by Crippen LogP contribution is -2.28. The summed E-state index contributed by atoms with van der Waals surface area (Å²) in [7, 11) is 0. The fraction of sp³-hybridized carbons (Fsp3) is 0.462. The van der Waals surface area contributed by atoms with Crippen LogP contribution >= 0.6 is 15.9 Å². The molecule has 1 unspecified atom stereocenters. The molecule has 1 saturated heterocycles. The van der Waals surface area contributed by atoms with Crippen LogP contribution in [0.5, 0.6) is 5.75 Å². The van der Waals surface area contributed by atoms with E-state index >= 15 is 0 Å². The number of halogens is 1. The molecule has 2 N–H and O–H groups in total. The second-order valence-corrected chi connectivity index (χ2v) is 5.81. The Hall–Kier alpha value is -1.07. The van der Waals surface area contributed by atoms with E-state index in [1.54, 1.807) is 0 Å². The largest absolute Gasteiger partial charge is 0.493 e. The summed E-state index contributed by atoms with van der Waals surface area (Å²) in [5, 5.41) is 0. The molecule has 1 fully saturated rings. The molecule has 0 aliphatic carbocycles. The van der Waals surface area contributed by atoms with E-state index in [4.69, 9.17) is 10.5 Å². The molecule has 1 aromatic rings. The molecule has 96 valence electrons. The van der Waals surface area contributed by atoms with Gasteiger partial charge in [-0.15, -0.1) is 0 Å². The Labute approximate surface area is 114 Å². The average molecular weight is 311 g/mol. The highest BCUT2D eigenvalue weighted by Gasteiger charge is 2.28. The van der Waals surface area contributed by atoms with Gasteiger partial charge in [-0.3, -0.25) is 4.79 Å². The van der Waals surface area contributed by atoms with E-state index < -0.39 is 0 Å². The molecule has 4 nitrogen and oxygen atoms in total. The van der Waals surface area contributed by atoms with E-state index in [9.17, 15) is 4.79 Å². The quantitative estimate of drug-likeness (QED) is 0.899. The van der Waals surface area contributed by atoms with Crippen molar-refractivity contribution in [2.75, 3.05) is 13.2 Å². The second kappa shape index (κ2) is 4.55. The zero-order valence-corrected chi connectivity index (χ0v) is 11.6. The molecule has 0 aromatic heterocycles. The Bertz CT molecular complexity index is 504. The molecule has 0 radical (unpaired) electrons. The summed E-state index contributed by atoms with van der Waals surface area (Å²) in [5.41, 5.74) is 8.10. The minimum Gasteiger partial charge on any atom is -0.493 e. The first-order valence-corrected chi connectivity index (χ1v) is 6.90. The summed E-state index contributed by atoms with van der Waals surface area (Å²) in [4.78, 5) is 13.6. The van der Waals surface area contributed by atoms with E-state index in [2.05, 4.69) is 22.0 Å². The number of carbonyl (C=O) groups is 1. The van der Waals surface area contributed by atoms with Crippen molar-refractivity contribution in [2.24, 2.45) is 5.73 Å². The highest BCUT2D eigenvalue weighted by molar-refractivity contribution is 9.10. The van der Waals surface area contributed by atoms with E-state index in [0.29, 0.717) is 19.5 Å². The minimum absolute atomic E-state index is 0.0291. The molecule has 1 amide bonds. The van der Waals surface area contributed by atoms with Crippen molar-refractivity contribution in [1.82, 2.24) is 4.90 Å². The van der Waals surface area contributed by atoms with E-state index in [0.717, 1.165) is 28.8 Å². The van der Waals surface area contributed by atoms with Crippen LogP contribution in [0.2, 0.25) is 0 Å². The molecular weight excluding hydrogens is 296 g/mol. The van der Waals surface area contributed by atoms with Crippen LogP contribution in [0.25, 0.3) is 0 Å². The number of carbonyl (C=O) groups excluding carboxylic acids is 1. The van der Waals surface area contributed by atoms with Gasteiger partial charge in [-0.25, -0.2) is 0 Å². The monoisotopic (exact) mass is 310 g/mol. The van der Waals surface area contributed by atoms with Crippen LogP contribution in [0.15, 0.2) is 16.6 Å². The van der Waals surface area contributed by atoms with Crippen LogP contribution < -0.4 is 10.5 Å². The SMILES string of the molecule is NC1CC(=O)N(Cc2cc(Br)cc3c2OCC3)C1. The summed E-state index contributed by atoms with van der Waals surface area (Å²) < 4.78 is 6.71. The lowest BCUT2D eigenvalue weighted by Gasteiger charge is -2.18. The molecule has 0 spiro atoms. The molecule has 18 heavy (non-hydrogen) atoms. The Kier molecular flexibility index (Phi) is 3.03. The van der Waals surface area contributed by atoms with Crippen molar-refractivity contribution in [3.05, 3.63) is 27.7 Å². The predicted octanol–water partition coefficient (Wildman–Crippen LogP) is 1.44. The van der Waals surface area contributed by atoms with Gasteiger partial charge in [0.25, 0.3) is 0 Å². The van der Waals surface area contributed by atoms with Gasteiger partial charge >= 0.3 is 0 Å². The average Bonchev–Trinajstić information content (AvgIpc) is 2.86. The summed E-state index contributed by atoms with van der Waals surface area (Å²) in [6, 6.07) is 4.09. The Morgan fingerprint density at radius 3 is 3.06 bits per heavy atom. The standard InChI is InChI=1S/C13H15BrN2O2/c14-10-3-8-1-2-18-13(8)9(4-10)6-16-7-11(15)5-12(16)17/h3-4,11H,1-2,5-7,15H2. The first-order valence-electron chi connectivity index (χ1n) is 6.11. The maximum atomic E-state index is 11.8. The third-order valence-corrected chi connectivity index (χ3v) is 3.89. The number of nitrogens with two attached hydrogens (primary N) is 1. The number of ether oxygens (including phenoxy) is 1. The second-order valence-electron chi connectivity index (χ2n) is 4.89. The summed E-state index contributed by atoms with van der Waals surface area (Å²) in [6.07, 6.45) is 1.40. The van der Waals surface area contributed by atoms with Crippen LogP contribution in [-0.2, 0) is 17.8 Å². The van der Waals surface area contributed by atoms with Crippen LogP contribution in [0.1, 0.15) is 17.5 Å². The molecule has 5 heteroatoms. The number of rotatable bonds is 2. The number of hydrogen-bond donors (Lipinski definition) is 1. The lowest BCUT2D eigenvalue weighted by atomic mass is 10.1. The van der Waals surface area contributed by atoms with Gasteiger partial charge in [0.2, 0.25) is 5.91 Å². The molecular formula is C13H15BrN2O2. The smallest absolute Gasteiger partial charge is 0.224 e. The Morgan fingerprint density at radius 2 is 2.33 bits per heavy atom. The van der Waals surface area contributed by atoms with Crippen LogP contribution in [0.3, 0.4) is 0 Å². The van der Waals surface area contributed by atoms with Crippen LogP contribution in [-0.4, -0.2) is 30.0 Å². The van der Waals surface area contributed by atoms with Gasteiger partial charge in [0.15, 0.2) is 0 Å². The van der Waals surface area contributed by atoms with Crippen molar-refractivity contribution < 1.29 is 9.53 Å². The Balaban J connectivity index is 1.87. The topological polar surface area (TPSA) is 55.6 Å². The number of benzene rings is 1. The molecule has 1 aromatic carbocycles. The van der Waals surface area contributed by atoms with Gasteiger partial charge in [0.1, 0.15) is 5.75 Å². The summed E-state index contributed by atoms with van der Waals surface area (Å²) in [6.45, 7) is 1.96. The predicted molar refractivity (Wildman–Crippen MR) is 71.4 cm³/mol. The highest BCUT2D eigenvalue weighted by Crippen LogP contribution is 2.34. The molecule has 2 aliphatic rings. The third-order valence-electron chi connectivity index (χ3n) is 3.43. The third kappa shape index (κ3) is 2.12. The van der Waals surface area contributed by atoms with Crippen LogP contribution in [0, 0.1) is 0 Å². The zero-order chi connectivity index (χ0) is 12.7. The molecule has 3 rings (SSSR count). The van der Waals surface area contributed by atoms with Crippen LogP contribution in [0.4, 0.5) is 0 Å². The van der Waals surface area contributed by atoms with E-state index in [1.165, 1.54) is 5.56 Å². The maximum absolute atomic E-state index is 11.8. The molecule has 0 bridgehead atoms. The van der Waals surface area contributed by atoms with Gasteiger partial charge in [-0.2, -0.15) is 0 Å². The first kappa shape index (κ1) is 12.0. The number of hydrogen-bond acceptors (Lipinski definition) is 3. The maximum Gasteiger partial charge on any atom is 0.224 e. The van der Waals surface area contributed by atoms with Gasteiger partial charge in [0.05, 0.1) is 6.61 Å². The van der Waals surface area contributed by atoms with Gasteiger partial charge in [-0.1, -0.05) is 15.9 Å². The lowest BCUT2D eigenvalue weighted by molar-refractivity contribution is -0.128. The van der Waals surface area contributed by atoms with Gasteiger partial charge < -0.3 is 15.4 Å². The molecule has 1 atom stereocenters. The number of fused-ring (bicyclic) bond motifs is 1. The summed E-state index contributed by atoms with van der Waals surface area (Å²) in [5.74, 6) is 1.08. The van der Waals surface area contributed by atoms with Crippen molar-refractivity contribution in [3.8, 4) is 5.75 Å². The van der Waals surface area contributed by atoms with E-state index in [1.807, 2.05) is 11.0 Å². The normalized spacial score (nSPS) is 22.2. The minimum atomic E-state index is -0.0291. The number of amides is 1. The van der Waals surface area contributed by atoms with E-state index in [-0.39, 0.29) is 11.9 Å². The zero-order valence-electron chi connectivity index (χ0n) is 9.99. The molecule has 0 saturated carbocycles. The fourth-order valence-electron chi connectivity index (χ4n) is 2.62. The highest BCUT2D eigenvalue weighted by atomic mass is 79.9. The molecule has 2 heterocycles. The Morgan fingerprint density at radius 1 is 1.50 bits per heavy atom. The van der Waals surface area contributed by atoms with Crippen molar-refractivity contribution in [2.45, 2.75) is 25.4 Å². The van der Waals surface area contributed by atoms with Crippen molar-refractivity contribution >= 4 is 21.8 Å². The number of nitrogens with zero attached hydrogens (tertiary/aromatic N) is 1. The summed E-state index contributed by atoms with van der Waals surface area (Å²) >= 11 is 3.51. The van der Waals surface area contributed by atoms with Gasteiger partial charge in [0, 0.05) is 42.0 Å². The molecule has 2 aliphatic heterocycles. The van der Waals surface area contributed by atoms with Crippen molar-refractivity contribution in [1.29, 1.82) is 0 Å². The van der Waals surface area contributed by atoms with Crippen molar-refractivity contribution in [3.63, 3.8) is 0 Å². The van der Waals surface area contributed by atoms with Gasteiger partial charge in [-0.05, 0) is 17.7 Å². The fourth-order valence-corrected chi connectivity index (χ4v) is 3.18.